The first-order valence-electron chi connectivity index (χ1n) is 4.58. The molecule has 70 valence electrons. The van der Waals surface area contributed by atoms with Crippen molar-refractivity contribution in [3.8, 4) is 0 Å². The Hall–Kier alpha value is -0.530. The largest absolute Gasteiger partial charge is 0.469 e. The van der Waals surface area contributed by atoms with Crippen molar-refractivity contribution in [1.82, 2.24) is 0 Å². The zero-order valence-corrected chi connectivity index (χ0v) is 8.39. The highest BCUT2D eigenvalue weighted by atomic mass is 16.5. The van der Waals surface area contributed by atoms with E-state index in [9.17, 15) is 4.79 Å². The van der Waals surface area contributed by atoms with Gasteiger partial charge in [-0.1, -0.05) is 20.8 Å². The third-order valence-electron chi connectivity index (χ3n) is 3.54. The number of esters is 1. The van der Waals surface area contributed by atoms with E-state index in [1.54, 1.807) is 0 Å². The van der Waals surface area contributed by atoms with Gasteiger partial charge in [0, 0.05) is 0 Å². The van der Waals surface area contributed by atoms with Crippen molar-refractivity contribution >= 4 is 5.97 Å². The summed E-state index contributed by atoms with van der Waals surface area (Å²) in [7, 11) is 1.47. The molecule has 0 unspecified atom stereocenters. The Labute approximate surface area is 74.3 Å². The molecule has 1 fully saturated rings. The second kappa shape index (κ2) is 3.08. The summed E-state index contributed by atoms with van der Waals surface area (Å²) < 4.78 is 4.78. The van der Waals surface area contributed by atoms with Gasteiger partial charge in [0.05, 0.1) is 13.0 Å². The molecule has 0 aliphatic heterocycles. The van der Waals surface area contributed by atoms with Gasteiger partial charge in [-0.2, -0.15) is 0 Å². The highest BCUT2D eigenvalue weighted by molar-refractivity contribution is 5.73. The summed E-state index contributed by atoms with van der Waals surface area (Å²) in [6, 6.07) is 0. The minimum atomic E-state index is -0.0376. The van der Waals surface area contributed by atoms with Crippen LogP contribution in [-0.2, 0) is 9.53 Å². The topological polar surface area (TPSA) is 26.3 Å². The highest BCUT2D eigenvalue weighted by Gasteiger charge is 2.44. The molecule has 2 heteroatoms. The van der Waals surface area contributed by atoms with Crippen LogP contribution in [0.25, 0.3) is 0 Å². The first-order valence-corrected chi connectivity index (χ1v) is 4.58. The van der Waals surface area contributed by atoms with E-state index in [2.05, 4.69) is 20.8 Å². The average Bonchev–Trinajstić information content (AvgIpc) is 2.27. The Kier molecular flexibility index (Phi) is 2.45. The Morgan fingerprint density at radius 1 is 1.42 bits per heavy atom. The van der Waals surface area contributed by atoms with Gasteiger partial charge in [-0.05, 0) is 24.2 Å². The van der Waals surface area contributed by atoms with Gasteiger partial charge in [-0.25, -0.2) is 0 Å². The SMILES string of the molecule is COC(=O)[C@H]1CC[C@@H](C)C1(C)C. The molecular weight excluding hydrogens is 152 g/mol. The van der Waals surface area contributed by atoms with Crippen LogP contribution in [-0.4, -0.2) is 13.1 Å². The molecule has 2 atom stereocenters. The lowest BCUT2D eigenvalue weighted by molar-refractivity contribution is -0.149. The molecule has 0 aromatic rings. The quantitative estimate of drug-likeness (QED) is 0.564. The van der Waals surface area contributed by atoms with Crippen LogP contribution in [0, 0.1) is 17.3 Å². The van der Waals surface area contributed by atoms with Crippen LogP contribution in [0.3, 0.4) is 0 Å². The highest BCUT2D eigenvalue weighted by Crippen LogP contribution is 2.47. The van der Waals surface area contributed by atoms with Crippen LogP contribution in [0.1, 0.15) is 33.6 Å². The summed E-state index contributed by atoms with van der Waals surface area (Å²) >= 11 is 0. The molecule has 1 aliphatic carbocycles. The molecule has 0 bridgehead atoms. The van der Waals surface area contributed by atoms with Gasteiger partial charge in [0.1, 0.15) is 0 Å². The van der Waals surface area contributed by atoms with Crippen LogP contribution in [0.4, 0.5) is 0 Å². The normalized spacial score (nSPS) is 33.3. The molecule has 0 aromatic heterocycles. The fourth-order valence-corrected chi connectivity index (χ4v) is 2.07. The van der Waals surface area contributed by atoms with Crippen molar-refractivity contribution in [2.75, 3.05) is 7.11 Å². The predicted molar refractivity (Wildman–Crippen MR) is 47.7 cm³/mol. The Balaban J connectivity index is 2.74. The van der Waals surface area contributed by atoms with Gasteiger partial charge in [0.15, 0.2) is 0 Å². The summed E-state index contributed by atoms with van der Waals surface area (Å²) in [5.74, 6) is 0.698. The predicted octanol–water partition coefficient (Wildman–Crippen LogP) is 2.23. The van der Waals surface area contributed by atoms with Crippen molar-refractivity contribution in [3.63, 3.8) is 0 Å². The zero-order chi connectivity index (χ0) is 9.35. The van der Waals surface area contributed by atoms with E-state index >= 15 is 0 Å². The smallest absolute Gasteiger partial charge is 0.309 e. The van der Waals surface area contributed by atoms with Gasteiger partial charge < -0.3 is 4.74 Å². The third kappa shape index (κ3) is 1.35. The molecule has 0 heterocycles. The number of hydrogen-bond donors (Lipinski definition) is 0. The lowest BCUT2D eigenvalue weighted by atomic mass is 9.76. The molecule has 12 heavy (non-hydrogen) atoms. The van der Waals surface area contributed by atoms with Crippen LogP contribution in [0.5, 0.6) is 0 Å². The molecule has 0 aromatic carbocycles. The lowest BCUT2D eigenvalue weighted by Crippen LogP contribution is -2.30. The van der Waals surface area contributed by atoms with Gasteiger partial charge in [-0.15, -0.1) is 0 Å². The van der Waals surface area contributed by atoms with Gasteiger partial charge >= 0.3 is 5.97 Å². The Morgan fingerprint density at radius 3 is 2.33 bits per heavy atom. The zero-order valence-electron chi connectivity index (χ0n) is 8.39. The average molecular weight is 170 g/mol. The Bertz CT molecular complexity index is 184. The number of methoxy groups -OCH3 is 1. The Morgan fingerprint density at radius 2 is 2.00 bits per heavy atom. The van der Waals surface area contributed by atoms with E-state index in [1.807, 2.05) is 0 Å². The fraction of sp³-hybridized carbons (Fsp3) is 0.900. The van der Waals surface area contributed by atoms with Crippen molar-refractivity contribution in [2.24, 2.45) is 17.3 Å². The molecule has 0 amide bonds. The maximum atomic E-state index is 11.4. The molecule has 0 saturated heterocycles. The number of carbonyl (C=O) groups excluding carboxylic acids is 1. The summed E-state index contributed by atoms with van der Waals surface area (Å²) in [6.07, 6.45) is 2.13. The summed E-state index contributed by atoms with van der Waals surface area (Å²) in [4.78, 5) is 11.4. The molecule has 1 saturated carbocycles. The second-order valence-corrected chi connectivity index (χ2v) is 4.38. The van der Waals surface area contributed by atoms with Crippen LogP contribution in [0.2, 0.25) is 0 Å². The van der Waals surface area contributed by atoms with Crippen LogP contribution >= 0.6 is 0 Å². The molecule has 1 rings (SSSR count). The monoisotopic (exact) mass is 170 g/mol. The summed E-state index contributed by atoms with van der Waals surface area (Å²) in [5.41, 5.74) is 0.118. The second-order valence-electron chi connectivity index (χ2n) is 4.38. The van der Waals surface area contributed by atoms with E-state index in [0.29, 0.717) is 5.92 Å². The van der Waals surface area contributed by atoms with Crippen LogP contribution < -0.4 is 0 Å². The molecule has 0 N–H and O–H groups in total. The van der Waals surface area contributed by atoms with Gasteiger partial charge in [0.2, 0.25) is 0 Å². The maximum Gasteiger partial charge on any atom is 0.309 e. The van der Waals surface area contributed by atoms with E-state index in [0.717, 1.165) is 12.8 Å². The van der Waals surface area contributed by atoms with E-state index in [-0.39, 0.29) is 17.3 Å². The first kappa shape index (κ1) is 9.56. The molecule has 0 radical (unpaired) electrons. The number of ether oxygens (including phenoxy) is 1. The van der Waals surface area contributed by atoms with E-state index in [4.69, 9.17) is 4.74 Å². The number of hydrogen-bond acceptors (Lipinski definition) is 2. The molecular formula is C10H18O2. The van der Waals surface area contributed by atoms with Gasteiger partial charge in [-0.3, -0.25) is 4.79 Å². The minimum Gasteiger partial charge on any atom is -0.469 e. The molecule has 1 aliphatic rings. The van der Waals surface area contributed by atoms with Crippen molar-refractivity contribution in [3.05, 3.63) is 0 Å². The number of rotatable bonds is 1. The van der Waals surface area contributed by atoms with E-state index < -0.39 is 0 Å². The lowest BCUT2D eigenvalue weighted by Gasteiger charge is -2.29. The standard InChI is InChI=1S/C10H18O2/c1-7-5-6-8(9(11)12-4)10(7,2)3/h7-8H,5-6H2,1-4H3/t7-,8-/m1/s1. The fourth-order valence-electron chi connectivity index (χ4n) is 2.07. The third-order valence-corrected chi connectivity index (χ3v) is 3.54. The molecule has 0 spiro atoms. The van der Waals surface area contributed by atoms with Crippen LogP contribution in [0.15, 0.2) is 0 Å². The van der Waals surface area contributed by atoms with E-state index in [1.165, 1.54) is 7.11 Å². The summed E-state index contributed by atoms with van der Waals surface area (Å²) in [6.45, 7) is 6.53. The van der Waals surface area contributed by atoms with Crippen molar-refractivity contribution < 1.29 is 9.53 Å². The van der Waals surface area contributed by atoms with Crippen molar-refractivity contribution in [2.45, 2.75) is 33.6 Å². The maximum absolute atomic E-state index is 11.4. The minimum absolute atomic E-state index is 0.0376. The van der Waals surface area contributed by atoms with Crippen molar-refractivity contribution in [1.29, 1.82) is 0 Å². The molecule has 2 nitrogen and oxygen atoms in total. The first-order chi connectivity index (χ1) is 5.50. The number of carbonyl (C=O) groups is 1. The summed E-state index contributed by atoms with van der Waals surface area (Å²) in [5, 5.41) is 0. The van der Waals surface area contributed by atoms with Gasteiger partial charge in [0.25, 0.3) is 0 Å².